The number of anilines is 1. The van der Waals surface area contributed by atoms with E-state index in [-0.39, 0.29) is 0 Å². The maximum Gasteiger partial charge on any atom is 0.167 e. The Morgan fingerprint density at radius 3 is 2.00 bits per heavy atom. The molecular formula is C19H15ClN2O. The van der Waals surface area contributed by atoms with Crippen LogP contribution in [-0.4, -0.2) is 11.0 Å². The van der Waals surface area contributed by atoms with Gasteiger partial charge in [0.25, 0.3) is 0 Å². The van der Waals surface area contributed by atoms with Crippen molar-refractivity contribution in [3.05, 3.63) is 95.5 Å². The molecule has 114 valence electrons. The summed E-state index contributed by atoms with van der Waals surface area (Å²) < 4.78 is 0. The van der Waals surface area contributed by atoms with Crippen LogP contribution in [0.1, 0.15) is 5.56 Å². The van der Waals surface area contributed by atoms with Gasteiger partial charge in [-0.1, -0.05) is 60.1 Å². The zero-order chi connectivity index (χ0) is 16.1. The summed E-state index contributed by atoms with van der Waals surface area (Å²) >= 11 is 6.30. The van der Waals surface area contributed by atoms with Gasteiger partial charge in [0.2, 0.25) is 0 Å². The largest absolute Gasteiger partial charge is 0.282 e. The Kier molecular flexibility index (Phi) is 4.71. The molecule has 0 unspecified atom stereocenters. The highest BCUT2D eigenvalue weighted by Gasteiger charge is 2.16. The molecule has 0 spiro atoms. The van der Waals surface area contributed by atoms with Crippen LogP contribution in [0, 0.1) is 0 Å². The molecule has 3 aromatic carbocycles. The summed E-state index contributed by atoms with van der Waals surface area (Å²) in [4.78, 5) is 4.57. The number of halogens is 1. The van der Waals surface area contributed by atoms with E-state index in [0.29, 0.717) is 22.1 Å². The average Bonchev–Trinajstić information content (AvgIpc) is 2.61. The predicted molar refractivity (Wildman–Crippen MR) is 94.8 cm³/mol. The van der Waals surface area contributed by atoms with Gasteiger partial charge < -0.3 is 0 Å². The first kappa shape index (κ1) is 15.3. The molecule has 0 fully saturated rings. The Labute approximate surface area is 140 Å². The monoisotopic (exact) mass is 322 g/mol. The van der Waals surface area contributed by atoms with E-state index in [9.17, 15) is 5.21 Å². The van der Waals surface area contributed by atoms with Gasteiger partial charge in [-0.05, 0) is 36.4 Å². The molecule has 0 bridgehead atoms. The second-order valence-corrected chi connectivity index (χ2v) is 5.31. The van der Waals surface area contributed by atoms with Crippen molar-refractivity contribution in [2.24, 2.45) is 4.99 Å². The minimum atomic E-state index is 0.369. The Balaban J connectivity index is 2.11. The Morgan fingerprint density at radius 1 is 0.783 bits per heavy atom. The lowest BCUT2D eigenvalue weighted by Crippen LogP contribution is -2.28. The van der Waals surface area contributed by atoms with E-state index in [1.165, 1.54) is 0 Å². The van der Waals surface area contributed by atoms with E-state index >= 15 is 0 Å². The average molecular weight is 323 g/mol. The van der Waals surface area contributed by atoms with Crippen molar-refractivity contribution in [3.63, 3.8) is 0 Å². The van der Waals surface area contributed by atoms with Crippen LogP contribution in [0.2, 0.25) is 5.02 Å². The highest BCUT2D eigenvalue weighted by Crippen LogP contribution is 2.23. The molecule has 0 aliphatic heterocycles. The van der Waals surface area contributed by atoms with Crippen LogP contribution >= 0.6 is 11.6 Å². The molecule has 3 nitrogen and oxygen atoms in total. The van der Waals surface area contributed by atoms with Gasteiger partial charge in [-0.3, -0.25) is 5.21 Å². The maximum atomic E-state index is 10.7. The van der Waals surface area contributed by atoms with E-state index in [0.717, 1.165) is 10.8 Å². The fraction of sp³-hybridized carbons (Fsp3) is 0. The van der Waals surface area contributed by atoms with Crippen LogP contribution in [-0.2, 0) is 0 Å². The van der Waals surface area contributed by atoms with Gasteiger partial charge in [-0.25, -0.2) is 10.1 Å². The number of nitrogens with zero attached hydrogens (tertiary/aromatic N) is 2. The molecule has 23 heavy (non-hydrogen) atoms. The van der Waals surface area contributed by atoms with E-state index in [1.54, 1.807) is 18.2 Å². The van der Waals surface area contributed by atoms with E-state index in [4.69, 9.17) is 11.6 Å². The molecule has 1 N–H and O–H groups in total. The zero-order valence-electron chi connectivity index (χ0n) is 12.3. The fourth-order valence-electron chi connectivity index (χ4n) is 2.18. The molecule has 0 radical (unpaired) electrons. The second-order valence-electron chi connectivity index (χ2n) is 4.90. The van der Waals surface area contributed by atoms with Crippen molar-refractivity contribution in [3.8, 4) is 0 Å². The van der Waals surface area contributed by atoms with Gasteiger partial charge in [0.05, 0.1) is 16.4 Å². The molecule has 4 heteroatoms. The highest BCUT2D eigenvalue weighted by molar-refractivity contribution is 6.35. The predicted octanol–water partition coefficient (Wildman–Crippen LogP) is 5.31. The number of hydrogen-bond donors (Lipinski definition) is 1. The van der Waals surface area contributed by atoms with Gasteiger partial charge in [-0.2, -0.15) is 0 Å². The van der Waals surface area contributed by atoms with Crippen molar-refractivity contribution in [2.45, 2.75) is 0 Å². The van der Waals surface area contributed by atoms with Gasteiger partial charge >= 0.3 is 0 Å². The van der Waals surface area contributed by atoms with Crippen LogP contribution in [0.4, 0.5) is 11.4 Å². The molecule has 0 atom stereocenters. The van der Waals surface area contributed by atoms with E-state index in [2.05, 4.69) is 4.99 Å². The Bertz CT molecular complexity index is 804. The molecule has 0 aromatic heterocycles. The number of para-hydroxylation sites is 2. The summed E-state index contributed by atoms with van der Waals surface area (Å²) in [6, 6.07) is 26.0. The van der Waals surface area contributed by atoms with E-state index < -0.39 is 0 Å². The van der Waals surface area contributed by atoms with Gasteiger partial charge in [-0.15, -0.1) is 0 Å². The Hall–Kier alpha value is -2.62. The summed E-state index contributed by atoms with van der Waals surface area (Å²) in [5.74, 6) is 0.369. The Morgan fingerprint density at radius 2 is 1.35 bits per heavy atom. The SMILES string of the molecule is ON(C(=Nc1ccccc1)c1ccccc1Cl)c1ccccc1. The minimum Gasteiger partial charge on any atom is -0.282 e. The van der Waals surface area contributed by atoms with Crippen molar-refractivity contribution < 1.29 is 5.21 Å². The number of hydrogen-bond acceptors (Lipinski definition) is 2. The maximum absolute atomic E-state index is 10.7. The number of hydroxylamine groups is 1. The van der Waals surface area contributed by atoms with Crippen molar-refractivity contribution in [1.82, 2.24) is 0 Å². The topological polar surface area (TPSA) is 35.8 Å². The molecule has 3 aromatic rings. The summed E-state index contributed by atoms with van der Waals surface area (Å²) in [7, 11) is 0. The lowest BCUT2D eigenvalue weighted by Gasteiger charge is -2.20. The third-order valence-electron chi connectivity index (χ3n) is 3.31. The smallest absolute Gasteiger partial charge is 0.167 e. The first-order valence-electron chi connectivity index (χ1n) is 7.18. The summed E-state index contributed by atoms with van der Waals surface area (Å²) in [6.07, 6.45) is 0. The molecule has 0 heterocycles. The summed E-state index contributed by atoms with van der Waals surface area (Å²) in [6.45, 7) is 0. The fourth-order valence-corrected chi connectivity index (χ4v) is 2.40. The lowest BCUT2D eigenvalue weighted by molar-refractivity contribution is 0.313. The number of amidine groups is 1. The molecular weight excluding hydrogens is 308 g/mol. The third kappa shape index (κ3) is 3.59. The van der Waals surface area contributed by atoms with Gasteiger partial charge in [0.15, 0.2) is 5.84 Å². The molecule has 0 amide bonds. The zero-order valence-corrected chi connectivity index (χ0v) is 13.1. The summed E-state index contributed by atoms with van der Waals surface area (Å²) in [5, 5.41) is 12.2. The van der Waals surface area contributed by atoms with Crippen molar-refractivity contribution >= 4 is 28.8 Å². The molecule has 0 aliphatic rings. The number of rotatable bonds is 3. The first-order chi connectivity index (χ1) is 11.3. The normalized spacial score (nSPS) is 11.3. The lowest BCUT2D eigenvalue weighted by atomic mass is 10.2. The van der Waals surface area contributed by atoms with Crippen molar-refractivity contribution in [2.75, 3.05) is 5.06 Å². The highest BCUT2D eigenvalue weighted by atomic mass is 35.5. The number of benzene rings is 3. The first-order valence-corrected chi connectivity index (χ1v) is 7.56. The molecule has 0 saturated heterocycles. The quantitative estimate of drug-likeness (QED) is 0.403. The molecule has 3 rings (SSSR count). The minimum absolute atomic E-state index is 0.369. The van der Waals surface area contributed by atoms with Crippen LogP contribution in [0.25, 0.3) is 0 Å². The number of aliphatic imine (C=N–C) groups is 1. The van der Waals surface area contributed by atoms with Crippen LogP contribution < -0.4 is 5.06 Å². The second kappa shape index (κ2) is 7.09. The van der Waals surface area contributed by atoms with Gasteiger partial charge in [0, 0.05) is 5.56 Å². The molecule has 0 saturated carbocycles. The van der Waals surface area contributed by atoms with Crippen molar-refractivity contribution in [1.29, 1.82) is 0 Å². The third-order valence-corrected chi connectivity index (χ3v) is 3.64. The van der Waals surface area contributed by atoms with Crippen LogP contribution in [0.5, 0.6) is 0 Å². The van der Waals surface area contributed by atoms with E-state index in [1.807, 2.05) is 66.7 Å². The van der Waals surface area contributed by atoms with Gasteiger partial charge in [0.1, 0.15) is 0 Å². The summed E-state index contributed by atoms with van der Waals surface area (Å²) in [5.41, 5.74) is 2.00. The van der Waals surface area contributed by atoms with Crippen LogP contribution in [0.3, 0.4) is 0 Å². The standard InChI is InChI=1S/C19H15ClN2O/c20-18-14-8-7-13-17(18)19(21-15-9-3-1-4-10-15)22(23)16-11-5-2-6-12-16/h1-14,23H. The van der Waals surface area contributed by atoms with Crippen LogP contribution in [0.15, 0.2) is 89.9 Å². The molecule has 0 aliphatic carbocycles.